The first-order valence-corrected chi connectivity index (χ1v) is 7.42. The van der Waals surface area contributed by atoms with Crippen LogP contribution in [0.5, 0.6) is 5.75 Å². The van der Waals surface area contributed by atoms with Gasteiger partial charge in [-0.25, -0.2) is 0 Å². The van der Waals surface area contributed by atoms with Gasteiger partial charge in [-0.15, -0.1) is 0 Å². The van der Waals surface area contributed by atoms with Gasteiger partial charge in [0.15, 0.2) is 6.61 Å². The van der Waals surface area contributed by atoms with Crippen LogP contribution in [0.4, 0.5) is 0 Å². The van der Waals surface area contributed by atoms with E-state index in [2.05, 4.69) is 35.1 Å². The van der Waals surface area contributed by atoms with Gasteiger partial charge in [0.05, 0.1) is 0 Å². The second kappa shape index (κ2) is 5.95. The normalized spacial score (nSPS) is 21.1. The van der Waals surface area contributed by atoms with Crippen LogP contribution in [0.3, 0.4) is 0 Å². The lowest BCUT2D eigenvalue weighted by atomic mass is 9.92. The van der Waals surface area contributed by atoms with Crippen LogP contribution in [0.2, 0.25) is 0 Å². The van der Waals surface area contributed by atoms with Gasteiger partial charge in [0.25, 0.3) is 5.91 Å². The molecule has 1 unspecified atom stereocenters. The Bertz CT molecular complexity index is 459. The standard InChI is InChI=1S/C15H20BrNO2/c1-15(2)7-6-12(9-15)17-14(18)10-19-13-5-3-4-11(16)8-13/h3-5,8,12H,6-7,9-10H2,1-2H3,(H,17,18). The number of ether oxygens (including phenoxy) is 1. The summed E-state index contributed by atoms with van der Waals surface area (Å²) in [4.78, 5) is 11.8. The molecule has 19 heavy (non-hydrogen) atoms. The third kappa shape index (κ3) is 4.53. The molecule has 3 nitrogen and oxygen atoms in total. The molecule has 2 rings (SSSR count). The second-order valence-electron chi connectivity index (χ2n) is 5.92. The Labute approximate surface area is 122 Å². The molecule has 1 aliphatic carbocycles. The molecular formula is C15H20BrNO2. The predicted molar refractivity (Wildman–Crippen MR) is 79.2 cm³/mol. The molecule has 0 spiro atoms. The molecule has 104 valence electrons. The highest BCUT2D eigenvalue weighted by Gasteiger charge is 2.31. The van der Waals surface area contributed by atoms with Crippen molar-refractivity contribution < 1.29 is 9.53 Å². The number of rotatable bonds is 4. The summed E-state index contributed by atoms with van der Waals surface area (Å²) in [5.41, 5.74) is 0.350. The van der Waals surface area contributed by atoms with Crippen LogP contribution < -0.4 is 10.1 Å². The minimum Gasteiger partial charge on any atom is -0.484 e. The topological polar surface area (TPSA) is 38.3 Å². The van der Waals surface area contributed by atoms with Crippen LogP contribution in [0.25, 0.3) is 0 Å². The van der Waals surface area contributed by atoms with Crippen molar-refractivity contribution >= 4 is 21.8 Å². The quantitative estimate of drug-likeness (QED) is 0.919. The molecule has 1 atom stereocenters. The van der Waals surface area contributed by atoms with Crippen molar-refractivity contribution in [2.24, 2.45) is 5.41 Å². The van der Waals surface area contributed by atoms with E-state index in [0.717, 1.165) is 17.3 Å². The minimum absolute atomic E-state index is 0.0392. The van der Waals surface area contributed by atoms with Crippen LogP contribution >= 0.6 is 15.9 Å². The SMILES string of the molecule is CC1(C)CCC(NC(=O)COc2cccc(Br)c2)C1. The van der Waals surface area contributed by atoms with Gasteiger partial charge in [-0.1, -0.05) is 35.8 Å². The number of halogens is 1. The van der Waals surface area contributed by atoms with Gasteiger partial charge in [0.1, 0.15) is 5.75 Å². The van der Waals surface area contributed by atoms with E-state index in [1.54, 1.807) is 0 Å². The van der Waals surface area contributed by atoms with E-state index in [4.69, 9.17) is 4.74 Å². The number of nitrogens with one attached hydrogen (secondary N) is 1. The maximum atomic E-state index is 11.8. The maximum Gasteiger partial charge on any atom is 0.258 e. The highest BCUT2D eigenvalue weighted by Crippen LogP contribution is 2.36. The van der Waals surface area contributed by atoms with Crippen molar-refractivity contribution in [3.8, 4) is 5.75 Å². The van der Waals surface area contributed by atoms with Crippen molar-refractivity contribution in [1.29, 1.82) is 0 Å². The smallest absolute Gasteiger partial charge is 0.258 e. The number of benzene rings is 1. The van der Waals surface area contributed by atoms with Crippen molar-refractivity contribution in [2.75, 3.05) is 6.61 Å². The van der Waals surface area contributed by atoms with Gasteiger partial charge in [-0.05, 0) is 42.9 Å². The zero-order valence-corrected chi connectivity index (χ0v) is 13.0. The maximum absolute atomic E-state index is 11.8. The largest absolute Gasteiger partial charge is 0.484 e. The lowest BCUT2D eigenvalue weighted by Gasteiger charge is -2.18. The fraction of sp³-hybridized carbons (Fsp3) is 0.533. The third-order valence-corrected chi connectivity index (χ3v) is 3.99. The fourth-order valence-corrected chi connectivity index (χ4v) is 2.91. The van der Waals surface area contributed by atoms with Crippen molar-refractivity contribution in [1.82, 2.24) is 5.32 Å². The van der Waals surface area contributed by atoms with E-state index in [0.29, 0.717) is 17.2 Å². The molecule has 1 saturated carbocycles. The Morgan fingerprint density at radius 1 is 1.53 bits per heavy atom. The van der Waals surface area contributed by atoms with E-state index < -0.39 is 0 Å². The van der Waals surface area contributed by atoms with Gasteiger partial charge >= 0.3 is 0 Å². The molecule has 1 aliphatic rings. The van der Waals surface area contributed by atoms with Gasteiger partial charge in [0, 0.05) is 10.5 Å². The van der Waals surface area contributed by atoms with E-state index >= 15 is 0 Å². The molecule has 1 fully saturated rings. The summed E-state index contributed by atoms with van der Waals surface area (Å²) in [7, 11) is 0. The summed E-state index contributed by atoms with van der Waals surface area (Å²) in [5.74, 6) is 0.666. The molecule has 1 aromatic carbocycles. The van der Waals surface area contributed by atoms with Crippen molar-refractivity contribution in [2.45, 2.75) is 39.2 Å². The predicted octanol–water partition coefficient (Wildman–Crippen LogP) is 3.52. The molecule has 0 heterocycles. The number of hydrogen-bond acceptors (Lipinski definition) is 2. The van der Waals surface area contributed by atoms with Crippen LogP contribution in [0.1, 0.15) is 33.1 Å². The van der Waals surface area contributed by atoms with Crippen LogP contribution in [-0.2, 0) is 4.79 Å². The zero-order valence-electron chi connectivity index (χ0n) is 11.4. The van der Waals surface area contributed by atoms with Gasteiger partial charge in [-0.2, -0.15) is 0 Å². The van der Waals surface area contributed by atoms with Gasteiger partial charge in [0.2, 0.25) is 0 Å². The average molecular weight is 326 g/mol. The van der Waals surface area contributed by atoms with Crippen LogP contribution in [0.15, 0.2) is 28.7 Å². The summed E-state index contributed by atoms with van der Waals surface area (Å²) in [6, 6.07) is 7.81. The average Bonchev–Trinajstić information content (AvgIpc) is 2.66. The fourth-order valence-electron chi connectivity index (χ4n) is 2.53. The zero-order chi connectivity index (χ0) is 13.9. The molecule has 1 aromatic rings. The summed E-state index contributed by atoms with van der Waals surface area (Å²) in [5, 5.41) is 3.04. The molecule has 0 bridgehead atoms. The number of hydrogen-bond donors (Lipinski definition) is 1. The number of carbonyl (C=O) groups excluding carboxylic acids is 1. The molecule has 4 heteroatoms. The molecule has 0 radical (unpaired) electrons. The molecule has 0 aliphatic heterocycles. The van der Waals surface area contributed by atoms with E-state index in [9.17, 15) is 4.79 Å². The van der Waals surface area contributed by atoms with Crippen LogP contribution in [0, 0.1) is 5.41 Å². The summed E-state index contributed by atoms with van der Waals surface area (Å²) < 4.78 is 6.42. The molecule has 0 saturated heterocycles. The van der Waals surface area contributed by atoms with E-state index in [1.165, 1.54) is 6.42 Å². The van der Waals surface area contributed by atoms with Gasteiger partial charge in [-0.3, -0.25) is 4.79 Å². The summed E-state index contributed by atoms with van der Waals surface area (Å²) in [6.45, 7) is 4.57. The Morgan fingerprint density at radius 2 is 2.32 bits per heavy atom. The first-order chi connectivity index (χ1) is 8.94. The monoisotopic (exact) mass is 325 g/mol. The first-order valence-electron chi connectivity index (χ1n) is 6.62. The number of amides is 1. The van der Waals surface area contributed by atoms with Crippen molar-refractivity contribution in [3.05, 3.63) is 28.7 Å². The first kappa shape index (κ1) is 14.4. The Morgan fingerprint density at radius 3 is 2.95 bits per heavy atom. The Balaban J connectivity index is 1.76. The Hall–Kier alpha value is -1.03. The summed E-state index contributed by atoms with van der Waals surface area (Å²) in [6.07, 6.45) is 3.29. The second-order valence-corrected chi connectivity index (χ2v) is 6.83. The van der Waals surface area contributed by atoms with E-state index in [1.807, 2.05) is 24.3 Å². The minimum atomic E-state index is -0.0392. The lowest BCUT2D eigenvalue weighted by Crippen LogP contribution is -2.36. The molecule has 0 aromatic heterocycles. The van der Waals surface area contributed by atoms with Crippen LogP contribution in [-0.4, -0.2) is 18.6 Å². The number of carbonyl (C=O) groups is 1. The molecular weight excluding hydrogens is 306 g/mol. The molecule has 1 amide bonds. The van der Waals surface area contributed by atoms with Crippen molar-refractivity contribution in [3.63, 3.8) is 0 Å². The van der Waals surface area contributed by atoms with Gasteiger partial charge < -0.3 is 10.1 Å². The Kier molecular flexibility index (Phi) is 4.50. The molecule has 1 N–H and O–H groups in total. The highest BCUT2D eigenvalue weighted by atomic mass is 79.9. The third-order valence-electron chi connectivity index (χ3n) is 3.50. The lowest BCUT2D eigenvalue weighted by molar-refractivity contribution is -0.123. The highest BCUT2D eigenvalue weighted by molar-refractivity contribution is 9.10. The van der Waals surface area contributed by atoms with E-state index in [-0.39, 0.29) is 12.5 Å². The summed E-state index contributed by atoms with van der Waals surface area (Å²) >= 11 is 3.37.